The Kier molecular flexibility index (Phi) is 6.28. The number of para-hydroxylation sites is 1. The normalized spacial score (nSPS) is 16.4. The molecule has 0 amide bonds. The molecule has 0 bridgehead atoms. The molecule has 2 aliphatic rings. The number of ether oxygens (including phenoxy) is 1. The fourth-order valence-electron chi connectivity index (χ4n) is 7.54. The highest BCUT2D eigenvalue weighted by Gasteiger charge is 2.37. The van der Waals surface area contributed by atoms with Crippen LogP contribution in [0.2, 0.25) is 0 Å². The quantitative estimate of drug-likeness (QED) is 0.182. The molecule has 4 nitrogen and oxygen atoms in total. The monoisotopic (exact) mass is 627 g/mol. The van der Waals surface area contributed by atoms with E-state index in [1.165, 1.54) is 32.7 Å². The summed E-state index contributed by atoms with van der Waals surface area (Å²) < 4.78 is 6.41. The minimum atomic E-state index is -0.0432. The molecule has 2 atom stereocenters. The van der Waals surface area contributed by atoms with Gasteiger partial charge in [-0.1, -0.05) is 133 Å². The molecule has 7 aromatic carbocycles. The van der Waals surface area contributed by atoms with Crippen LogP contribution in [0.1, 0.15) is 17.0 Å². The third-order valence-corrected chi connectivity index (χ3v) is 9.86. The lowest BCUT2D eigenvalue weighted by Crippen LogP contribution is -2.19. The summed E-state index contributed by atoms with van der Waals surface area (Å²) in [5.41, 5.74) is 6.45. The van der Waals surface area contributed by atoms with Crippen LogP contribution < -0.4 is 4.74 Å². The molecule has 2 heterocycles. The van der Waals surface area contributed by atoms with Gasteiger partial charge in [-0.25, -0.2) is 15.0 Å². The minimum absolute atomic E-state index is 0.0432. The SMILES string of the molecule is C1=CC2Oc3ccccc3C2C(c2cc(-c3nc(-c4ccccc4)nc(-c4ccc5c(ccc6ccccc65)c4)n3)cc3ccccc23)=C1. The van der Waals surface area contributed by atoms with Crippen molar-refractivity contribution in [1.29, 1.82) is 0 Å². The molecule has 8 aromatic rings. The zero-order valence-corrected chi connectivity index (χ0v) is 26.5. The van der Waals surface area contributed by atoms with Crippen LogP contribution in [0, 0.1) is 0 Å². The van der Waals surface area contributed by atoms with Gasteiger partial charge in [0.1, 0.15) is 11.9 Å². The maximum Gasteiger partial charge on any atom is 0.164 e. The van der Waals surface area contributed by atoms with Crippen molar-refractivity contribution in [3.8, 4) is 39.9 Å². The van der Waals surface area contributed by atoms with Gasteiger partial charge in [0.25, 0.3) is 0 Å². The first-order valence-electron chi connectivity index (χ1n) is 16.7. The molecule has 1 aromatic heterocycles. The molecule has 0 saturated carbocycles. The van der Waals surface area contributed by atoms with Crippen LogP contribution in [0.5, 0.6) is 5.75 Å². The van der Waals surface area contributed by atoms with Crippen molar-refractivity contribution in [2.24, 2.45) is 0 Å². The molecular weight excluding hydrogens is 599 g/mol. The maximum atomic E-state index is 6.41. The average Bonchev–Trinajstić information content (AvgIpc) is 3.56. The van der Waals surface area contributed by atoms with Gasteiger partial charge in [-0.2, -0.15) is 0 Å². The summed E-state index contributed by atoms with van der Waals surface area (Å²) in [5, 5.41) is 7.15. The Balaban J connectivity index is 1.17. The topological polar surface area (TPSA) is 47.9 Å². The standard InChI is InChI=1S/C45H29N3O/c1-2-12-29(13-3-1)43-46-44(32-23-24-36-31(25-32)22-21-28-11-4-6-15-34(28)36)48-45(47-43)33-26-30-14-5-7-16-35(30)39(27-33)37-18-10-20-41-42(37)38-17-8-9-19-40(38)49-41/h1-27,41-42H. The summed E-state index contributed by atoms with van der Waals surface area (Å²) in [7, 11) is 0. The van der Waals surface area contributed by atoms with Crippen LogP contribution in [-0.4, -0.2) is 21.1 Å². The average molecular weight is 628 g/mol. The Bertz CT molecular complexity index is 2660. The third kappa shape index (κ3) is 4.64. The van der Waals surface area contributed by atoms with Crippen LogP contribution >= 0.6 is 0 Å². The van der Waals surface area contributed by atoms with E-state index in [1.807, 2.05) is 24.3 Å². The molecular formula is C45H29N3O. The second-order valence-electron chi connectivity index (χ2n) is 12.7. The predicted octanol–water partition coefficient (Wildman–Crippen LogP) is 10.8. The van der Waals surface area contributed by atoms with E-state index in [0.717, 1.165) is 38.8 Å². The second-order valence-corrected chi connectivity index (χ2v) is 12.7. The third-order valence-electron chi connectivity index (χ3n) is 9.86. The summed E-state index contributed by atoms with van der Waals surface area (Å²) in [6.45, 7) is 0. The summed E-state index contributed by atoms with van der Waals surface area (Å²) >= 11 is 0. The Hall–Kier alpha value is -6.39. The maximum absolute atomic E-state index is 6.41. The van der Waals surface area contributed by atoms with Crippen molar-refractivity contribution in [2.75, 3.05) is 0 Å². The van der Waals surface area contributed by atoms with E-state index >= 15 is 0 Å². The van der Waals surface area contributed by atoms with Gasteiger partial charge in [0.15, 0.2) is 17.5 Å². The van der Waals surface area contributed by atoms with Crippen LogP contribution in [0.25, 0.3) is 72.1 Å². The smallest absolute Gasteiger partial charge is 0.164 e. The Morgan fingerprint density at radius 2 is 1.10 bits per heavy atom. The zero-order chi connectivity index (χ0) is 32.3. The number of aromatic nitrogens is 3. The van der Waals surface area contributed by atoms with E-state index in [-0.39, 0.29) is 12.0 Å². The predicted molar refractivity (Wildman–Crippen MR) is 199 cm³/mol. The highest BCUT2D eigenvalue weighted by molar-refractivity contribution is 6.08. The van der Waals surface area contributed by atoms with Crippen LogP contribution in [-0.2, 0) is 0 Å². The molecule has 0 N–H and O–H groups in total. The van der Waals surface area contributed by atoms with Crippen molar-refractivity contribution in [1.82, 2.24) is 15.0 Å². The van der Waals surface area contributed by atoms with E-state index in [4.69, 9.17) is 19.7 Å². The Morgan fingerprint density at radius 3 is 1.98 bits per heavy atom. The highest BCUT2D eigenvalue weighted by atomic mass is 16.5. The minimum Gasteiger partial charge on any atom is -0.485 e. The van der Waals surface area contributed by atoms with Crippen molar-refractivity contribution in [2.45, 2.75) is 12.0 Å². The molecule has 230 valence electrons. The lowest BCUT2D eigenvalue weighted by atomic mass is 9.79. The lowest BCUT2D eigenvalue weighted by Gasteiger charge is -2.24. The molecule has 1 aliphatic carbocycles. The molecule has 0 fully saturated rings. The van der Waals surface area contributed by atoms with Gasteiger partial charge in [0.2, 0.25) is 0 Å². The Morgan fingerprint density at radius 1 is 0.469 bits per heavy atom. The largest absolute Gasteiger partial charge is 0.485 e. The van der Waals surface area contributed by atoms with Gasteiger partial charge in [0, 0.05) is 22.3 Å². The van der Waals surface area contributed by atoms with Crippen LogP contribution in [0.15, 0.2) is 164 Å². The molecule has 49 heavy (non-hydrogen) atoms. The molecule has 4 heteroatoms. The van der Waals surface area contributed by atoms with Gasteiger partial charge < -0.3 is 4.74 Å². The Labute approximate surface area is 283 Å². The van der Waals surface area contributed by atoms with Crippen molar-refractivity contribution in [3.05, 3.63) is 175 Å². The number of fused-ring (bicyclic) bond motifs is 7. The van der Waals surface area contributed by atoms with Gasteiger partial charge in [0.05, 0.1) is 5.92 Å². The van der Waals surface area contributed by atoms with Gasteiger partial charge >= 0.3 is 0 Å². The van der Waals surface area contributed by atoms with Crippen molar-refractivity contribution in [3.63, 3.8) is 0 Å². The number of nitrogens with zero attached hydrogens (tertiary/aromatic N) is 3. The fourth-order valence-corrected chi connectivity index (χ4v) is 7.54. The summed E-state index contributed by atoms with van der Waals surface area (Å²) in [5.74, 6) is 2.98. The van der Waals surface area contributed by atoms with Gasteiger partial charge in [-0.3, -0.25) is 0 Å². The summed E-state index contributed by atoms with van der Waals surface area (Å²) in [6.07, 6.45) is 6.49. The number of hydrogen-bond donors (Lipinski definition) is 0. The lowest BCUT2D eigenvalue weighted by molar-refractivity contribution is 0.271. The molecule has 1 aliphatic heterocycles. The second kappa shape index (κ2) is 11.1. The molecule has 0 spiro atoms. The first-order valence-corrected chi connectivity index (χ1v) is 16.7. The van der Waals surface area contributed by atoms with Crippen LogP contribution in [0.3, 0.4) is 0 Å². The van der Waals surface area contributed by atoms with E-state index in [1.54, 1.807) is 0 Å². The molecule has 10 rings (SSSR count). The van der Waals surface area contributed by atoms with Gasteiger partial charge in [-0.05, 0) is 73.8 Å². The number of allylic oxidation sites excluding steroid dienone is 2. The molecule has 0 radical (unpaired) electrons. The van der Waals surface area contributed by atoms with E-state index in [9.17, 15) is 0 Å². The summed E-state index contributed by atoms with van der Waals surface area (Å²) in [4.78, 5) is 15.4. The van der Waals surface area contributed by atoms with Gasteiger partial charge in [-0.15, -0.1) is 0 Å². The van der Waals surface area contributed by atoms with Crippen molar-refractivity contribution < 1.29 is 4.74 Å². The van der Waals surface area contributed by atoms with E-state index in [0.29, 0.717) is 17.5 Å². The first kappa shape index (κ1) is 27.7. The number of hydrogen-bond acceptors (Lipinski definition) is 4. The van der Waals surface area contributed by atoms with Crippen LogP contribution in [0.4, 0.5) is 0 Å². The number of benzene rings is 7. The molecule has 2 unspecified atom stereocenters. The molecule has 0 saturated heterocycles. The highest BCUT2D eigenvalue weighted by Crippen LogP contribution is 2.49. The van der Waals surface area contributed by atoms with E-state index < -0.39 is 0 Å². The zero-order valence-electron chi connectivity index (χ0n) is 26.5. The van der Waals surface area contributed by atoms with Crippen molar-refractivity contribution >= 4 is 37.9 Å². The first-order chi connectivity index (χ1) is 24.3. The number of rotatable bonds is 4. The summed E-state index contributed by atoms with van der Waals surface area (Å²) in [6, 6.07) is 51.0. The fraction of sp³-hybridized carbons (Fsp3) is 0.0444. The van der Waals surface area contributed by atoms with E-state index in [2.05, 4.69) is 140 Å².